The SMILES string of the molecule is N#CC(C(=O)C=Cc1cccc([N+](=O)[O-])c1)C(=O)Nc1ccccn1. The van der Waals surface area contributed by atoms with E-state index in [2.05, 4.69) is 10.3 Å². The van der Waals surface area contributed by atoms with Gasteiger partial charge in [-0.1, -0.05) is 24.3 Å². The molecule has 0 spiro atoms. The molecule has 0 bridgehead atoms. The van der Waals surface area contributed by atoms with E-state index in [9.17, 15) is 19.7 Å². The molecular weight excluding hydrogens is 324 g/mol. The largest absolute Gasteiger partial charge is 0.309 e. The fourth-order valence-corrected chi connectivity index (χ4v) is 1.90. The van der Waals surface area contributed by atoms with Crippen LogP contribution in [0.1, 0.15) is 5.56 Å². The third-order valence-electron chi connectivity index (χ3n) is 3.11. The number of pyridine rings is 1. The molecule has 0 aliphatic heterocycles. The molecular formula is C17H12N4O4. The number of hydrogen-bond acceptors (Lipinski definition) is 6. The first-order chi connectivity index (χ1) is 12.0. The molecule has 0 saturated heterocycles. The summed E-state index contributed by atoms with van der Waals surface area (Å²) in [7, 11) is 0. The third-order valence-corrected chi connectivity index (χ3v) is 3.11. The molecule has 8 heteroatoms. The molecule has 2 rings (SSSR count). The van der Waals surface area contributed by atoms with Crippen molar-refractivity contribution in [3.8, 4) is 6.07 Å². The number of nitriles is 1. The Morgan fingerprint density at radius 3 is 2.72 bits per heavy atom. The van der Waals surface area contributed by atoms with Crippen LogP contribution in [0.25, 0.3) is 6.08 Å². The average molecular weight is 336 g/mol. The Hall–Kier alpha value is -3.86. The minimum atomic E-state index is -1.54. The van der Waals surface area contributed by atoms with Gasteiger partial charge in [0.2, 0.25) is 0 Å². The zero-order valence-corrected chi connectivity index (χ0v) is 12.8. The molecule has 124 valence electrons. The van der Waals surface area contributed by atoms with Crippen molar-refractivity contribution < 1.29 is 14.5 Å². The van der Waals surface area contributed by atoms with Gasteiger partial charge in [-0.25, -0.2) is 4.98 Å². The molecule has 25 heavy (non-hydrogen) atoms. The number of nitro groups is 1. The number of amides is 1. The van der Waals surface area contributed by atoms with Crippen LogP contribution in [0.3, 0.4) is 0 Å². The van der Waals surface area contributed by atoms with Crippen molar-refractivity contribution in [2.45, 2.75) is 0 Å². The maximum Gasteiger partial charge on any atom is 0.270 e. The zero-order chi connectivity index (χ0) is 18.2. The number of non-ortho nitro benzene ring substituents is 1. The van der Waals surface area contributed by atoms with E-state index in [1.165, 1.54) is 36.5 Å². The van der Waals surface area contributed by atoms with E-state index in [0.29, 0.717) is 5.56 Å². The number of ketones is 1. The van der Waals surface area contributed by atoms with E-state index in [4.69, 9.17) is 5.26 Å². The van der Waals surface area contributed by atoms with E-state index in [-0.39, 0.29) is 11.5 Å². The summed E-state index contributed by atoms with van der Waals surface area (Å²) in [5.74, 6) is -2.85. The van der Waals surface area contributed by atoms with Crippen LogP contribution in [0, 0.1) is 27.4 Å². The number of hydrogen-bond donors (Lipinski definition) is 1. The van der Waals surface area contributed by atoms with Gasteiger partial charge in [-0.2, -0.15) is 5.26 Å². The van der Waals surface area contributed by atoms with E-state index >= 15 is 0 Å². The van der Waals surface area contributed by atoms with Gasteiger partial charge >= 0.3 is 0 Å². The number of nitrogens with one attached hydrogen (secondary N) is 1. The molecule has 1 atom stereocenters. The van der Waals surface area contributed by atoms with E-state index < -0.39 is 22.5 Å². The smallest absolute Gasteiger partial charge is 0.270 e. The highest BCUT2D eigenvalue weighted by Gasteiger charge is 2.24. The second kappa shape index (κ2) is 8.12. The minimum absolute atomic E-state index is 0.126. The highest BCUT2D eigenvalue weighted by atomic mass is 16.6. The van der Waals surface area contributed by atoms with E-state index in [1.54, 1.807) is 24.3 Å². The minimum Gasteiger partial charge on any atom is -0.309 e. The molecule has 0 aliphatic carbocycles. The molecule has 0 fully saturated rings. The van der Waals surface area contributed by atoms with Crippen molar-refractivity contribution in [2.24, 2.45) is 5.92 Å². The Morgan fingerprint density at radius 1 is 1.28 bits per heavy atom. The standard InChI is InChI=1S/C17H12N4O4/c18-11-14(17(23)20-16-6-1-2-9-19-16)15(22)8-7-12-4-3-5-13(10-12)21(24)25/h1-10,14H,(H,19,20,23). The molecule has 1 aromatic heterocycles. The summed E-state index contributed by atoms with van der Waals surface area (Å²) in [6.07, 6.45) is 3.82. The van der Waals surface area contributed by atoms with Crippen molar-refractivity contribution in [3.05, 3.63) is 70.4 Å². The molecule has 1 unspecified atom stereocenters. The predicted octanol–water partition coefficient (Wildman–Crippen LogP) is 2.35. The van der Waals surface area contributed by atoms with Gasteiger partial charge in [-0.15, -0.1) is 0 Å². The molecule has 8 nitrogen and oxygen atoms in total. The van der Waals surface area contributed by atoms with Crippen molar-refractivity contribution in [3.63, 3.8) is 0 Å². The number of anilines is 1. The van der Waals surface area contributed by atoms with Crippen molar-refractivity contribution in [2.75, 3.05) is 5.32 Å². The van der Waals surface area contributed by atoms with Gasteiger partial charge in [0, 0.05) is 18.3 Å². The summed E-state index contributed by atoms with van der Waals surface area (Å²) in [5.41, 5.74) is 0.281. The van der Waals surface area contributed by atoms with Gasteiger partial charge in [0.25, 0.3) is 11.6 Å². The van der Waals surface area contributed by atoms with Crippen LogP contribution in [-0.2, 0) is 9.59 Å². The first-order valence-corrected chi connectivity index (χ1v) is 7.09. The Balaban J connectivity index is 2.09. The number of carbonyl (C=O) groups is 2. The molecule has 2 aromatic rings. The van der Waals surface area contributed by atoms with Gasteiger partial charge < -0.3 is 5.32 Å². The van der Waals surface area contributed by atoms with Crippen LogP contribution >= 0.6 is 0 Å². The van der Waals surface area contributed by atoms with Gasteiger partial charge in [0.05, 0.1) is 11.0 Å². The third kappa shape index (κ3) is 4.80. The van der Waals surface area contributed by atoms with Crippen LogP contribution in [0.5, 0.6) is 0 Å². The Morgan fingerprint density at radius 2 is 2.08 bits per heavy atom. The summed E-state index contributed by atoms with van der Waals surface area (Å²) in [5, 5.41) is 22.2. The normalized spacial score (nSPS) is 11.5. The number of nitrogens with zero attached hydrogens (tertiary/aromatic N) is 3. The highest BCUT2D eigenvalue weighted by Crippen LogP contribution is 2.15. The number of carbonyl (C=O) groups excluding carboxylic acids is 2. The molecule has 0 saturated carbocycles. The number of rotatable bonds is 6. The second-order valence-corrected chi connectivity index (χ2v) is 4.85. The first kappa shape index (κ1) is 17.5. The van der Waals surface area contributed by atoms with E-state index in [0.717, 1.165) is 6.08 Å². The summed E-state index contributed by atoms with van der Waals surface area (Å²) in [6, 6.07) is 12.1. The maximum atomic E-state index is 12.1. The van der Waals surface area contributed by atoms with Gasteiger partial charge in [0.15, 0.2) is 11.7 Å². The second-order valence-electron chi connectivity index (χ2n) is 4.85. The summed E-state index contributed by atoms with van der Waals surface area (Å²) >= 11 is 0. The number of allylic oxidation sites excluding steroid dienone is 1. The van der Waals surface area contributed by atoms with Crippen LogP contribution in [0.2, 0.25) is 0 Å². The molecule has 1 N–H and O–H groups in total. The lowest BCUT2D eigenvalue weighted by atomic mass is 10.0. The Bertz CT molecular complexity index is 872. The molecule has 1 heterocycles. The lowest BCUT2D eigenvalue weighted by molar-refractivity contribution is -0.384. The number of aromatic nitrogens is 1. The number of benzene rings is 1. The van der Waals surface area contributed by atoms with Gasteiger partial charge in [-0.05, 0) is 23.8 Å². The fourth-order valence-electron chi connectivity index (χ4n) is 1.90. The number of nitro benzene ring substituents is 1. The Labute approximate surface area is 142 Å². The topological polar surface area (TPSA) is 126 Å². The summed E-state index contributed by atoms with van der Waals surface area (Å²) in [6.45, 7) is 0. The highest BCUT2D eigenvalue weighted by molar-refractivity contribution is 6.14. The van der Waals surface area contributed by atoms with Crippen molar-refractivity contribution >= 4 is 29.3 Å². The quantitative estimate of drug-likeness (QED) is 0.373. The van der Waals surface area contributed by atoms with Gasteiger partial charge in [0.1, 0.15) is 5.82 Å². The monoisotopic (exact) mass is 336 g/mol. The molecule has 0 aliphatic rings. The van der Waals surface area contributed by atoms with Crippen LogP contribution in [-0.4, -0.2) is 21.6 Å². The predicted molar refractivity (Wildman–Crippen MR) is 89.1 cm³/mol. The molecule has 1 aromatic carbocycles. The zero-order valence-electron chi connectivity index (χ0n) is 12.8. The van der Waals surface area contributed by atoms with Crippen LogP contribution in [0.15, 0.2) is 54.7 Å². The lowest BCUT2D eigenvalue weighted by Gasteiger charge is -2.06. The van der Waals surface area contributed by atoms with Gasteiger partial charge in [-0.3, -0.25) is 19.7 Å². The fraction of sp³-hybridized carbons (Fsp3) is 0.0588. The summed E-state index contributed by atoms with van der Waals surface area (Å²) < 4.78 is 0. The maximum absolute atomic E-state index is 12.1. The Kier molecular flexibility index (Phi) is 5.68. The van der Waals surface area contributed by atoms with Crippen molar-refractivity contribution in [1.29, 1.82) is 5.26 Å². The first-order valence-electron chi connectivity index (χ1n) is 7.09. The summed E-state index contributed by atoms with van der Waals surface area (Å²) in [4.78, 5) is 38.1. The lowest BCUT2D eigenvalue weighted by Crippen LogP contribution is -2.27. The van der Waals surface area contributed by atoms with Crippen LogP contribution < -0.4 is 5.32 Å². The average Bonchev–Trinajstić information content (AvgIpc) is 2.61. The van der Waals surface area contributed by atoms with Crippen molar-refractivity contribution in [1.82, 2.24) is 4.98 Å². The van der Waals surface area contributed by atoms with E-state index in [1.807, 2.05) is 0 Å². The van der Waals surface area contributed by atoms with Crippen LogP contribution in [0.4, 0.5) is 11.5 Å². The molecule has 1 amide bonds. The molecule has 0 radical (unpaired) electrons.